The van der Waals surface area contributed by atoms with Crippen LogP contribution in [0.4, 0.5) is 8.78 Å². The van der Waals surface area contributed by atoms with Crippen molar-refractivity contribution in [2.45, 2.75) is 19.4 Å². The molecule has 0 aromatic heterocycles. The van der Waals surface area contributed by atoms with Crippen molar-refractivity contribution in [2.75, 3.05) is 19.6 Å². The number of nitrogens with one attached hydrogen (secondary N) is 1. The molecule has 1 fully saturated rings. The Bertz CT molecular complexity index is 474. The first-order chi connectivity index (χ1) is 8.39. The molecule has 0 atom stereocenters. The molecule has 0 aliphatic carbocycles. The normalized spacial score (nSPS) is 18.8. The number of carbonyl (C=O) groups excluding carboxylic acids is 1. The molecule has 0 bridgehead atoms. The van der Waals surface area contributed by atoms with E-state index in [0.29, 0.717) is 19.6 Å². The van der Waals surface area contributed by atoms with Gasteiger partial charge in [0.15, 0.2) is 11.6 Å². The topological polar surface area (TPSA) is 32.3 Å². The van der Waals surface area contributed by atoms with Crippen LogP contribution in [0.5, 0.6) is 0 Å². The van der Waals surface area contributed by atoms with Crippen molar-refractivity contribution in [2.24, 2.45) is 0 Å². The summed E-state index contributed by atoms with van der Waals surface area (Å²) in [6.07, 6.45) is 0. The highest BCUT2D eigenvalue weighted by Gasteiger charge is 2.29. The van der Waals surface area contributed by atoms with E-state index < -0.39 is 11.6 Å². The second-order valence-corrected chi connectivity index (χ2v) is 5.17. The Morgan fingerprint density at radius 2 is 2.06 bits per heavy atom. The van der Waals surface area contributed by atoms with Crippen molar-refractivity contribution < 1.29 is 13.6 Å². The molecule has 1 N–H and O–H groups in total. The monoisotopic (exact) mass is 254 g/mol. The fourth-order valence-electron chi connectivity index (χ4n) is 2.13. The maximum Gasteiger partial charge on any atom is 0.254 e. The number of piperazine rings is 1. The second kappa shape index (κ2) is 4.65. The van der Waals surface area contributed by atoms with Crippen LogP contribution in [-0.2, 0) is 0 Å². The quantitative estimate of drug-likeness (QED) is 0.828. The van der Waals surface area contributed by atoms with Gasteiger partial charge >= 0.3 is 0 Å². The van der Waals surface area contributed by atoms with Gasteiger partial charge in [0, 0.05) is 30.7 Å². The van der Waals surface area contributed by atoms with Gasteiger partial charge in [-0.05, 0) is 32.0 Å². The molecule has 5 heteroatoms. The lowest BCUT2D eigenvalue weighted by Gasteiger charge is -2.39. The third-order valence-electron chi connectivity index (χ3n) is 3.03. The van der Waals surface area contributed by atoms with Crippen LogP contribution in [0.3, 0.4) is 0 Å². The third-order valence-corrected chi connectivity index (χ3v) is 3.03. The largest absolute Gasteiger partial charge is 0.336 e. The molecule has 18 heavy (non-hydrogen) atoms. The molecule has 0 saturated carbocycles. The Morgan fingerprint density at radius 1 is 1.33 bits per heavy atom. The fourth-order valence-corrected chi connectivity index (χ4v) is 2.13. The van der Waals surface area contributed by atoms with Gasteiger partial charge < -0.3 is 10.2 Å². The fraction of sp³-hybridized carbons (Fsp3) is 0.462. The summed E-state index contributed by atoms with van der Waals surface area (Å²) in [6.45, 7) is 5.81. The van der Waals surface area contributed by atoms with E-state index in [1.165, 1.54) is 6.07 Å². The molecule has 1 heterocycles. The van der Waals surface area contributed by atoms with Crippen LogP contribution in [-0.4, -0.2) is 36.0 Å². The predicted octanol–water partition coefficient (Wildman–Crippen LogP) is 1.79. The van der Waals surface area contributed by atoms with Gasteiger partial charge in [0.1, 0.15) is 0 Å². The molecule has 1 aliphatic rings. The van der Waals surface area contributed by atoms with Crippen molar-refractivity contribution in [1.29, 1.82) is 0 Å². The van der Waals surface area contributed by atoms with Crippen LogP contribution < -0.4 is 5.32 Å². The van der Waals surface area contributed by atoms with E-state index in [9.17, 15) is 13.6 Å². The number of halogens is 2. The summed E-state index contributed by atoms with van der Waals surface area (Å²) < 4.78 is 25.9. The van der Waals surface area contributed by atoms with Crippen LogP contribution in [0, 0.1) is 11.6 Å². The number of carbonyl (C=O) groups is 1. The van der Waals surface area contributed by atoms with Crippen LogP contribution in [0.1, 0.15) is 24.2 Å². The summed E-state index contributed by atoms with van der Waals surface area (Å²) in [4.78, 5) is 13.8. The summed E-state index contributed by atoms with van der Waals surface area (Å²) in [5.41, 5.74) is 0.0264. The smallest absolute Gasteiger partial charge is 0.254 e. The minimum Gasteiger partial charge on any atom is -0.336 e. The highest BCUT2D eigenvalue weighted by molar-refractivity contribution is 5.94. The van der Waals surface area contributed by atoms with Crippen molar-refractivity contribution in [3.63, 3.8) is 0 Å². The van der Waals surface area contributed by atoms with Gasteiger partial charge in [-0.15, -0.1) is 0 Å². The van der Waals surface area contributed by atoms with Crippen LogP contribution in [0.15, 0.2) is 18.2 Å². The Balaban J connectivity index is 2.18. The number of hydrogen-bond acceptors (Lipinski definition) is 2. The van der Waals surface area contributed by atoms with E-state index >= 15 is 0 Å². The molecule has 98 valence electrons. The molecular formula is C13H16F2N2O. The summed E-state index contributed by atoms with van der Waals surface area (Å²) in [7, 11) is 0. The maximum atomic E-state index is 13.1. The SMILES string of the molecule is CC1(C)CN(C(=O)c2ccc(F)c(F)c2)CCN1. The standard InChI is InChI=1S/C13H16F2N2O/c1-13(2)8-17(6-5-16-13)12(18)9-3-4-10(14)11(15)7-9/h3-4,7,16H,5-6,8H2,1-2H3. The summed E-state index contributed by atoms with van der Waals surface area (Å²) >= 11 is 0. The van der Waals surface area contributed by atoms with Gasteiger partial charge in [-0.25, -0.2) is 8.78 Å². The summed E-state index contributed by atoms with van der Waals surface area (Å²) in [5.74, 6) is -2.19. The first kappa shape index (κ1) is 13.0. The predicted molar refractivity (Wildman–Crippen MR) is 64.3 cm³/mol. The number of benzene rings is 1. The Hall–Kier alpha value is -1.49. The minimum absolute atomic E-state index is 0.160. The molecule has 1 amide bonds. The highest BCUT2D eigenvalue weighted by Crippen LogP contribution is 2.15. The Morgan fingerprint density at radius 3 is 2.67 bits per heavy atom. The molecule has 0 unspecified atom stereocenters. The van der Waals surface area contributed by atoms with E-state index in [4.69, 9.17) is 0 Å². The van der Waals surface area contributed by atoms with Crippen molar-refractivity contribution in [3.8, 4) is 0 Å². The second-order valence-electron chi connectivity index (χ2n) is 5.17. The summed E-state index contributed by atoms with van der Waals surface area (Å²) in [5, 5.41) is 3.29. The third kappa shape index (κ3) is 2.67. The van der Waals surface area contributed by atoms with Gasteiger partial charge in [0.2, 0.25) is 0 Å². The van der Waals surface area contributed by atoms with Gasteiger partial charge in [0.25, 0.3) is 5.91 Å². The molecule has 3 nitrogen and oxygen atoms in total. The zero-order chi connectivity index (χ0) is 13.3. The molecule has 1 saturated heterocycles. The van der Waals surface area contributed by atoms with Crippen LogP contribution in [0.25, 0.3) is 0 Å². The van der Waals surface area contributed by atoms with Crippen molar-refractivity contribution >= 4 is 5.91 Å². The van der Waals surface area contributed by atoms with E-state index in [1.54, 1.807) is 4.90 Å². The van der Waals surface area contributed by atoms with Crippen molar-refractivity contribution in [1.82, 2.24) is 10.2 Å². The number of rotatable bonds is 1. The van der Waals surface area contributed by atoms with Gasteiger partial charge in [-0.1, -0.05) is 0 Å². The van der Waals surface area contributed by atoms with Gasteiger partial charge in [0.05, 0.1) is 0 Å². The lowest BCUT2D eigenvalue weighted by molar-refractivity contribution is 0.0651. The average molecular weight is 254 g/mol. The van der Waals surface area contributed by atoms with Crippen LogP contribution >= 0.6 is 0 Å². The first-order valence-corrected chi connectivity index (χ1v) is 5.88. The summed E-state index contributed by atoms with van der Waals surface area (Å²) in [6, 6.07) is 3.25. The number of hydrogen-bond donors (Lipinski definition) is 1. The number of amides is 1. The van der Waals surface area contributed by atoms with E-state index in [0.717, 1.165) is 12.1 Å². The molecule has 1 aromatic carbocycles. The zero-order valence-corrected chi connectivity index (χ0v) is 10.5. The van der Waals surface area contributed by atoms with E-state index in [2.05, 4.69) is 5.32 Å². The van der Waals surface area contributed by atoms with Crippen molar-refractivity contribution in [3.05, 3.63) is 35.4 Å². The van der Waals surface area contributed by atoms with Gasteiger partial charge in [-0.3, -0.25) is 4.79 Å². The lowest BCUT2D eigenvalue weighted by atomic mass is 10.0. The zero-order valence-electron chi connectivity index (χ0n) is 10.5. The van der Waals surface area contributed by atoms with Gasteiger partial charge in [-0.2, -0.15) is 0 Å². The highest BCUT2D eigenvalue weighted by atomic mass is 19.2. The Kier molecular flexibility index (Phi) is 3.34. The minimum atomic E-state index is -0.991. The first-order valence-electron chi connectivity index (χ1n) is 5.88. The van der Waals surface area contributed by atoms with E-state index in [1.807, 2.05) is 13.8 Å². The maximum absolute atomic E-state index is 13.1. The molecule has 1 aromatic rings. The molecular weight excluding hydrogens is 238 g/mol. The molecule has 1 aliphatic heterocycles. The molecule has 0 radical (unpaired) electrons. The van der Waals surface area contributed by atoms with E-state index in [-0.39, 0.29) is 17.0 Å². The Labute approximate surface area is 105 Å². The molecule has 0 spiro atoms. The molecule has 2 rings (SSSR count). The average Bonchev–Trinajstić information content (AvgIpc) is 2.30. The number of nitrogens with zero attached hydrogens (tertiary/aromatic N) is 1. The lowest BCUT2D eigenvalue weighted by Crippen LogP contribution is -2.58. The van der Waals surface area contributed by atoms with Crippen LogP contribution in [0.2, 0.25) is 0 Å².